The largest absolute Gasteiger partial charge is 0.396 e. The van der Waals surface area contributed by atoms with Gasteiger partial charge in [-0.3, -0.25) is 0 Å². The van der Waals surface area contributed by atoms with E-state index in [1.165, 1.54) is 32.1 Å². The third-order valence-corrected chi connectivity index (χ3v) is 7.48. The summed E-state index contributed by atoms with van der Waals surface area (Å²) in [6.45, 7) is 10.2. The Balaban J connectivity index is 2.17. The van der Waals surface area contributed by atoms with Crippen molar-refractivity contribution in [3.8, 4) is 0 Å². The Hall–Kier alpha value is -0.340. The van der Waals surface area contributed by atoms with Gasteiger partial charge in [0, 0.05) is 13.2 Å². The molecule has 2 aliphatic carbocycles. The van der Waals surface area contributed by atoms with E-state index in [9.17, 15) is 5.11 Å². The Kier molecular flexibility index (Phi) is 5.77. The first-order valence-electron chi connectivity index (χ1n) is 9.27. The van der Waals surface area contributed by atoms with E-state index in [1.54, 1.807) is 5.57 Å². The van der Waals surface area contributed by atoms with Crippen molar-refractivity contribution in [2.45, 2.75) is 72.6 Å². The number of aliphatic hydroxyl groups excluding tert-OH is 2. The minimum Gasteiger partial charge on any atom is -0.396 e. The summed E-state index contributed by atoms with van der Waals surface area (Å²) >= 11 is 0. The summed E-state index contributed by atoms with van der Waals surface area (Å²) < 4.78 is 0. The normalized spacial score (nSPS) is 40.0. The molecule has 2 N–H and O–H groups in total. The minimum atomic E-state index is 0.195. The number of hydrogen-bond donors (Lipinski definition) is 2. The standard InChI is InChI=1S/C20H36O2/c1-15-6-5-7-18-19(15,3)11-8-16(2)20(18,4)12-9-17(14-22)10-13-21/h6,16-18,21-22H,5,7-14H2,1-4H3. The summed E-state index contributed by atoms with van der Waals surface area (Å²) in [5.41, 5.74) is 2.35. The van der Waals surface area contributed by atoms with Crippen LogP contribution in [0.15, 0.2) is 11.6 Å². The maximum absolute atomic E-state index is 9.54. The van der Waals surface area contributed by atoms with Crippen LogP contribution in [0.25, 0.3) is 0 Å². The van der Waals surface area contributed by atoms with Crippen LogP contribution in [0.1, 0.15) is 72.6 Å². The molecule has 0 radical (unpaired) electrons. The van der Waals surface area contributed by atoms with Crippen LogP contribution in [-0.2, 0) is 0 Å². The van der Waals surface area contributed by atoms with E-state index in [0.29, 0.717) is 10.8 Å². The van der Waals surface area contributed by atoms with Crippen LogP contribution in [0.3, 0.4) is 0 Å². The van der Waals surface area contributed by atoms with Crippen LogP contribution in [0, 0.1) is 28.6 Å². The SMILES string of the molecule is CC1=CCCC2C1(C)CCC(C)C2(C)CCC(CO)CCO. The zero-order chi connectivity index (χ0) is 16.4. The number of rotatable bonds is 6. The van der Waals surface area contributed by atoms with E-state index in [-0.39, 0.29) is 19.1 Å². The number of allylic oxidation sites excluding steroid dienone is 2. The van der Waals surface area contributed by atoms with Crippen LogP contribution in [-0.4, -0.2) is 23.4 Å². The third-order valence-electron chi connectivity index (χ3n) is 7.48. The first-order valence-corrected chi connectivity index (χ1v) is 9.27. The van der Waals surface area contributed by atoms with Gasteiger partial charge in [0.05, 0.1) is 0 Å². The fourth-order valence-corrected chi connectivity index (χ4v) is 5.36. The zero-order valence-corrected chi connectivity index (χ0v) is 15.1. The molecule has 128 valence electrons. The van der Waals surface area contributed by atoms with Gasteiger partial charge in [-0.05, 0) is 80.5 Å². The average molecular weight is 309 g/mol. The second-order valence-corrected chi connectivity index (χ2v) is 8.48. The van der Waals surface area contributed by atoms with Crippen molar-refractivity contribution in [3.05, 3.63) is 11.6 Å². The van der Waals surface area contributed by atoms with Crippen molar-refractivity contribution in [2.75, 3.05) is 13.2 Å². The number of hydrogen-bond acceptors (Lipinski definition) is 2. The van der Waals surface area contributed by atoms with Crippen molar-refractivity contribution < 1.29 is 10.2 Å². The Bertz CT molecular complexity index is 403. The van der Waals surface area contributed by atoms with E-state index in [4.69, 9.17) is 5.11 Å². The molecule has 1 saturated carbocycles. The van der Waals surface area contributed by atoms with Gasteiger partial charge in [-0.2, -0.15) is 0 Å². The summed E-state index contributed by atoms with van der Waals surface area (Å²) in [5, 5.41) is 18.7. The van der Waals surface area contributed by atoms with Gasteiger partial charge in [0.25, 0.3) is 0 Å². The van der Waals surface area contributed by atoms with Gasteiger partial charge in [0.1, 0.15) is 0 Å². The van der Waals surface area contributed by atoms with E-state index in [2.05, 4.69) is 33.8 Å². The quantitative estimate of drug-likeness (QED) is 0.706. The van der Waals surface area contributed by atoms with Gasteiger partial charge in [-0.1, -0.05) is 32.4 Å². The third kappa shape index (κ3) is 3.14. The molecular formula is C20H36O2. The highest BCUT2D eigenvalue weighted by Gasteiger charge is 2.52. The topological polar surface area (TPSA) is 40.5 Å². The fourth-order valence-electron chi connectivity index (χ4n) is 5.36. The predicted molar refractivity (Wildman–Crippen MR) is 92.6 cm³/mol. The van der Waals surface area contributed by atoms with Crippen LogP contribution >= 0.6 is 0 Å². The summed E-state index contributed by atoms with van der Waals surface area (Å²) in [6, 6.07) is 0. The molecule has 2 aliphatic rings. The molecule has 0 amide bonds. The molecule has 1 fully saturated rings. The highest BCUT2D eigenvalue weighted by Crippen LogP contribution is 2.61. The Morgan fingerprint density at radius 3 is 2.59 bits per heavy atom. The lowest BCUT2D eigenvalue weighted by atomic mass is 9.47. The molecule has 0 saturated heterocycles. The molecule has 22 heavy (non-hydrogen) atoms. The molecule has 0 aromatic heterocycles. The molecule has 2 nitrogen and oxygen atoms in total. The van der Waals surface area contributed by atoms with E-state index < -0.39 is 0 Å². The van der Waals surface area contributed by atoms with Gasteiger partial charge in [-0.25, -0.2) is 0 Å². The second-order valence-electron chi connectivity index (χ2n) is 8.48. The summed E-state index contributed by atoms with van der Waals surface area (Å²) in [4.78, 5) is 0. The highest BCUT2D eigenvalue weighted by molar-refractivity contribution is 5.20. The second kappa shape index (κ2) is 7.05. The van der Waals surface area contributed by atoms with Crippen molar-refractivity contribution in [1.82, 2.24) is 0 Å². The zero-order valence-electron chi connectivity index (χ0n) is 15.1. The summed E-state index contributed by atoms with van der Waals surface area (Å²) in [5.74, 6) is 1.79. The molecule has 2 heteroatoms. The monoisotopic (exact) mass is 308 g/mol. The van der Waals surface area contributed by atoms with Gasteiger partial charge in [0.2, 0.25) is 0 Å². The highest BCUT2D eigenvalue weighted by atomic mass is 16.3. The molecule has 5 unspecified atom stereocenters. The molecule has 2 rings (SSSR count). The van der Waals surface area contributed by atoms with Gasteiger partial charge in [-0.15, -0.1) is 0 Å². The van der Waals surface area contributed by atoms with Gasteiger partial charge < -0.3 is 10.2 Å². The minimum absolute atomic E-state index is 0.195. The van der Waals surface area contributed by atoms with Gasteiger partial charge >= 0.3 is 0 Å². The Morgan fingerprint density at radius 1 is 1.23 bits per heavy atom. The van der Waals surface area contributed by atoms with E-state index >= 15 is 0 Å². The van der Waals surface area contributed by atoms with Crippen LogP contribution < -0.4 is 0 Å². The Labute approximate surface area is 137 Å². The molecular weight excluding hydrogens is 272 g/mol. The fraction of sp³-hybridized carbons (Fsp3) is 0.900. The number of aliphatic hydroxyl groups is 2. The van der Waals surface area contributed by atoms with Crippen molar-refractivity contribution >= 4 is 0 Å². The predicted octanol–water partition coefficient (Wildman–Crippen LogP) is 4.56. The molecule has 0 aromatic carbocycles. The van der Waals surface area contributed by atoms with Crippen LogP contribution in [0.2, 0.25) is 0 Å². The van der Waals surface area contributed by atoms with E-state index in [0.717, 1.165) is 24.7 Å². The van der Waals surface area contributed by atoms with Crippen LogP contribution in [0.5, 0.6) is 0 Å². The first-order chi connectivity index (χ1) is 10.4. The molecule has 0 bridgehead atoms. The number of fused-ring (bicyclic) bond motifs is 1. The maximum Gasteiger partial charge on any atom is 0.0460 e. The molecule has 0 aromatic rings. The molecule has 0 spiro atoms. The molecule has 0 heterocycles. The van der Waals surface area contributed by atoms with Crippen molar-refractivity contribution in [2.24, 2.45) is 28.6 Å². The van der Waals surface area contributed by atoms with Gasteiger partial charge in [0.15, 0.2) is 0 Å². The molecule has 0 aliphatic heterocycles. The Morgan fingerprint density at radius 2 is 1.95 bits per heavy atom. The van der Waals surface area contributed by atoms with Crippen molar-refractivity contribution in [3.63, 3.8) is 0 Å². The van der Waals surface area contributed by atoms with Crippen molar-refractivity contribution in [1.29, 1.82) is 0 Å². The van der Waals surface area contributed by atoms with Crippen LogP contribution in [0.4, 0.5) is 0 Å². The summed E-state index contributed by atoms with van der Waals surface area (Å²) in [7, 11) is 0. The lowest BCUT2D eigenvalue weighted by molar-refractivity contribution is -0.0518. The lowest BCUT2D eigenvalue weighted by Crippen LogP contribution is -2.49. The lowest BCUT2D eigenvalue weighted by Gasteiger charge is -2.58. The first kappa shape index (κ1) is 18.0. The summed E-state index contributed by atoms with van der Waals surface area (Å²) in [6.07, 6.45) is 10.6. The molecule has 5 atom stereocenters. The average Bonchev–Trinajstić information content (AvgIpc) is 2.50. The maximum atomic E-state index is 9.54. The smallest absolute Gasteiger partial charge is 0.0460 e. The van der Waals surface area contributed by atoms with E-state index in [1.807, 2.05) is 0 Å².